The van der Waals surface area contributed by atoms with Gasteiger partial charge in [0, 0.05) is 6.04 Å². The van der Waals surface area contributed by atoms with E-state index in [4.69, 9.17) is 0 Å². The molecule has 118 valence electrons. The molecule has 1 rings (SSSR count). The summed E-state index contributed by atoms with van der Waals surface area (Å²) in [6.45, 7) is 10.8. The molecule has 0 saturated carbocycles. The van der Waals surface area contributed by atoms with Crippen molar-refractivity contribution < 1.29 is 4.79 Å². The third-order valence-corrected chi connectivity index (χ3v) is 4.57. The summed E-state index contributed by atoms with van der Waals surface area (Å²) in [6.07, 6.45) is 7.67. The largest absolute Gasteiger partial charge is 0.353 e. The molecule has 0 radical (unpaired) electrons. The molecule has 0 aliphatic carbocycles. The molecular weight excluding hydrogens is 248 g/mol. The van der Waals surface area contributed by atoms with Crippen LogP contribution >= 0.6 is 0 Å². The molecule has 1 aliphatic heterocycles. The van der Waals surface area contributed by atoms with Gasteiger partial charge in [-0.25, -0.2) is 0 Å². The second-order valence-electron chi connectivity index (χ2n) is 6.98. The zero-order valence-corrected chi connectivity index (χ0v) is 13.9. The smallest absolute Gasteiger partial charge is 0.226 e. The Morgan fingerprint density at radius 2 is 1.85 bits per heavy atom. The standard InChI is InChI=1S/C17H34N2O/c1-5-9-17(10-12-18-13-11-17)16(20)19-15(4)8-6-7-14(2)3/h14-15,18H,5-13H2,1-4H3,(H,19,20). The molecule has 20 heavy (non-hydrogen) atoms. The van der Waals surface area contributed by atoms with Gasteiger partial charge < -0.3 is 10.6 Å². The molecule has 1 atom stereocenters. The second-order valence-corrected chi connectivity index (χ2v) is 6.98. The van der Waals surface area contributed by atoms with Gasteiger partial charge in [-0.05, 0) is 51.6 Å². The lowest BCUT2D eigenvalue weighted by atomic mass is 9.74. The maximum atomic E-state index is 12.7. The molecule has 0 spiro atoms. The maximum absolute atomic E-state index is 12.7. The predicted octanol–water partition coefficient (Wildman–Crippen LogP) is 3.49. The molecule has 1 amide bonds. The summed E-state index contributed by atoms with van der Waals surface area (Å²) in [6, 6.07) is 0.310. The number of rotatable bonds is 8. The van der Waals surface area contributed by atoms with E-state index in [1.807, 2.05) is 0 Å². The van der Waals surface area contributed by atoms with Crippen LogP contribution in [0.15, 0.2) is 0 Å². The van der Waals surface area contributed by atoms with E-state index < -0.39 is 0 Å². The van der Waals surface area contributed by atoms with Crippen LogP contribution in [0.4, 0.5) is 0 Å². The molecule has 3 heteroatoms. The van der Waals surface area contributed by atoms with Crippen molar-refractivity contribution in [2.24, 2.45) is 11.3 Å². The van der Waals surface area contributed by atoms with Crippen LogP contribution in [0.1, 0.15) is 72.6 Å². The highest BCUT2D eigenvalue weighted by atomic mass is 16.2. The van der Waals surface area contributed by atoms with Gasteiger partial charge in [-0.15, -0.1) is 0 Å². The number of hydrogen-bond acceptors (Lipinski definition) is 2. The summed E-state index contributed by atoms with van der Waals surface area (Å²) >= 11 is 0. The summed E-state index contributed by atoms with van der Waals surface area (Å²) in [5.41, 5.74) is -0.105. The first-order chi connectivity index (χ1) is 9.50. The van der Waals surface area contributed by atoms with Crippen LogP contribution in [0.2, 0.25) is 0 Å². The van der Waals surface area contributed by atoms with Crippen molar-refractivity contribution in [3.8, 4) is 0 Å². The van der Waals surface area contributed by atoms with Crippen LogP contribution < -0.4 is 10.6 Å². The van der Waals surface area contributed by atoms with Crippen molar-refractivity contribution in [3.05, 3.63) is 0 Å². The molecule has 1 aliphatic rings. The first kappa shape index (κ1) is 17.5. The summed E-state index contributed by atoms with van der Waals surface area (Å²) < 4.78 is 0. The lowest BCUT2D eigenvalue weighted by Gasteiger charge is -2.37. The minimum Gasteiger partial charge on any atom is -0.353 e. The summed E-state index contributed by atoms with van der Waals surface area (Å²) in [7, 11) is 0. The van der Waals surface area contributed by atoms with Crippen LogP contribution in [0.5, 0.6) is 0 Å². The minimum absolute atomic E-state index is 0.105. The van der Waals surface area contributed by atoms with Gasteiger partial charge in [0.1, 0.15) is 0 Å². The van der Waals surface area contributed by atoms with Gasteiger partial charge in [0.05, 0.1) is 5.41 Å². The van der Waals surface area contributed by atoms with E-state index in [1.54, 1.807) is 0 Å². The minimum atomic E-state index is -0.105. The Labute approximate surface area is 125 Å². The van der Waals surface area contributed by atoms with E-state index in [-0.39, 0.29) is 5.41 Å². The Hall–Kier alpha value is -0.570. The lowest BCUT2D eigenvalue weighted by Crippen LogP contribution is -2.49. The normalized spacial score (nSPS) is 19.9. The fraction of sp³-hybridized carbons (Fsp3) is 0.941. The Kier molecular flexibility index (Phi) is 7.57. The van der Waals surface area contributed by atoms with E-state index in [0.29, 0.717) is 11.9 Å². The van der Waals surface area contributed by atoms with E-state index in [9.17, 15) is 4.79 Å². The van der Waals surface area contributed by atoms with Crippen molar-refractivity contribution in [2.75, 3.05) is 13.1 Å². The molecule has 3 nitrogen and oxygen atoms in total. The number of carbonyl (C=O) groups excluding carboxylic acids is 1. The summed E-state index contributed by atoms with van der Waals surface area (Å²) in [4.78, 5) is 12.7. The van der Waals surface area contributed by atoms with Gasteiger partial charge in [-0.3, -0.25) is 4.79 Å². The first-order valence-electron chi connectivity index (χ1n) is 8.52. The van der Waals surface area contributed by atoms with Crippen LogP contribution in [0.3, 0.4) is 0 Å². The Bertz CT molecular complexity index is 277. The Morgan fingerprint density at radius 1 is 1.20 bits per heavy atom. The fourth-order valence-electron chi connectivity index (χ4n) is 3.26. The van der Waals surface area contributed by atoms with Gasteiger partial charge in [-0.1, -0.05) is 40.0 Å². The fourth-order valence-corrected chi connectivity index (χ4v) is 3.26. The maximum Gasteiger partial charge on any atom is 0.226 e. The van der Waals surface area contributed by atoms with Gasteiger partial charge in [-0.2, -0.15) is 0 Å². The second kappa shape index (κ2) is 8.66. The quantitative estimate of drug-likeness (QED) is 0.715. The van der Waals surface area contributed by atoms with Gasteiger partial charge in [0.25, 0.3) is 0 Å². The molecule has 0 aromatic carbocycles. The number of carbonyl (C=O) groups is 1. The van der Waals surface area contributed by atoms with Crippen LogP contribution in [0, 0.1) is 11.3 Å². The molecular formula is C17H34N2O. The van der Waals surface area contributed by atoms with Gasteiger partial charge in [0.2, 0.25) is 5.91 Å². The zero-order valence-electron chi connectivity index (χ0n) is 13.9. The average Bonchev–Trinajstić information content (AvgIpc) is 2.39. The van der Waals surface area contributed by atoms with Gasteiger partial charge in [0.15, 0.2) is 0 Å². The number of nitrogens with one attached hydrogen (secondary N) is 2. The molecule has 1 saturated heterocycles. The van der Waals surface area contributed by atoms with Crippen molar-refractivity contribution in [1.82, 2.24) is 10.6 Å². The molecule has 1 unspecified atom stereocenters. The highest BCUT2D eigenvalue weighted by molar-refractivity contribution is 5.83. The molecule has 0 bridgehead atoms. The van der Waals surface area contributed by atoms with Crippen LogP contribution in [-0.2, 0) is 4.79 Å². The van der Waals surface area contributed by atoms with E-state index in [0.717, 1.165) is 51.1 Å². The molecule has 0 aromatic rings. The van der Waals surface area contributed by atoms with Crippen molar-refractivity contribution >= 4 is 5.91 Å². The van der Waals surface area contributed by atoms with Crippen molar-refractivity contribution in [3.63, 3.8) is 0 Å². The van der Waals surface area contributed by atoms with Crippen LogP contribution in [-0.4, -0.2) is 25.0 Å². The predicted molar refractivity (Wildman–Crippen MR) is 85.7 cm³/mol. The average molecular weight is 282 g/mol. The molecule has 0 aromatic heterocycles. The number of amides is 1. The lowest BCUT2D eigenvalue weighted by molar-refractivity contribution is -0.133. The first-order valence-corrected chi connectivity index (χ1v) is 8.52. The third-order valence-electron chi connectivity index (χ3n) is 4.57. The third kappa shape index (κ3) is 5.43. The Morgan fingerprint density at radius 3 is 2.40 bits per heavy atom. The van der Waals surface area contributed by atoms with Gasteiger partial charge >= 0.3 is 0 Å². The monoisotopic (exact) mass is 282 g/mol. The zero-order chi connectivity index (χ0) is 15.0. The number of piperidine rings is 1. The summed E-state index contributed by atoms with van der Waals surface area (Å²) in [5, 5.41) is 6.66. The SMILES string of the molecule is CCCC1(C(=O)NC(C)CCCC(C)C)CCNCC1. The van der Waals surface area contributed by atoms with E-state index in [1.165, 1.54) is 12.8 Å². The number of hydrogen-bond donors (Lipinski definition) is 2. The van der Waals surface area contributed by atoms with E-state index in [2.05, 4.69) is 38.3 Å². The highest BCUT2D eigenvalue weighted by Crippen LogP contribution is 2.34. The summed E-state index contributed by atoms with van der Waals surface area (Å²) in [5.74, 6) is 1.06. The van der Waals surface area contributed by atoms with Crippen LogP contribution in [0.25, 0.3) is 0 Å². The molecule has 2 N–H and O–H groups in total. The van der Waals surface area contributed by atoms with Crippen molar-refractivity contribution in [2.45, 2.75) is 78.7 Å². The van der Waals surface area contributed by atoms with Crippen molar-refractivity contribution in [1.29, 1.82) is 0 Å². The molecule has 1 heterocycles. The molecule has 1 fully saturated rings. The highest BCUT2D eigenvalue weighted by Gasteiger charge is 2.38. The topological polar surface area (TPSA) is 41.1 Å². The van der Waals surface area contributed by atoms with E-state index >= 15 is 0 Å². The Balaban J connectivity index is 2.45.